The van der Waals surface area contributed by atoms with Gasteiger partial charge in [-0.05, 0) is 56.1 Å². The van der Waals surface area contributed by atoms with Crippen LogP contribution >= 0.6 is 0 Å². The highest BCUT2D eigenvalue weighted by Gasteiger charge is 2.26. The van der Waals surface area contributed by atoms with Gasteiger partial charge in [0.05, 0.1) is 11.5 Å². The molecule has 0 aromatic heterocycles. The van der Waals surface area contributed by atoms with Crippen LogP contribution in [0.25, 0.3) is 0 Å². The third-order valence-corrected chi connectivity index (χ3v) is 6.53. The average Bonchev–Trinajstić information content (AvgIpc) is 2.69. The fraction of sp³-hybridized carbons (Fsp3) is 0.556. The molecular weight excluding hydrogens is 386 g/mol. The van der Waals surface area contributed by atoms with Gasteiger partial charge in [0.1, 0.15) is 0 Å². The number of piperidine rings is 1. The number of amides is 1. The molecule has 0 saturated carbocycles. The number of β-amino-alcohol motifs (C(OH)–C–C–N with tert-alkyl or cyclic N) is 1. The molecule has 0 spiro atoms. The van der Waals surface area contributed by atoms with E-state index >= 15 is 0 Å². The van der Waals surface area contributed by atoms with Crippen LogP contribution in [0.2, 0.25) is 0 Å². The number of hydrogen-bond donors (Lipinski definition) is 3. The Hall–Kier alpha value is -2.01. The Morgan fingerprint density at radius 2 is 1.82 bits per heavy atom. The molecule has 0 bridgehead atoms. The smallest absolute Gasteiger partial charge is 0.290 e. The van der Waals surface area contributed by atoms with E-state index in [0.717, 1.165) is 25.9 Å². The second-order valence-electron chi connectivity index (χ2n) is 6.50. The highest BCUT2D eigenvalue weighted by atomic mass is 32.2. The van der Waals surface area contributed by atoms with Crippen molar-refractivity contribution in [3.05, 3.63) is 29.8 Å². The first-order valence-electron chi connectivity index (χ1n) is 8.99. The van der Waals surface area contributed by atoms with Gasteiger partial charge in [-0.3, -0.25) is 9.59 Å². The quantitative estimate of drug-likeness (QED) is 0.538. The molecule has 1 amide bonds. The van der Waals surface area contributed by atoms with Crippen molar-refractivity contribution in [2.45, 2.75) is 17.7 Å². The van der Waals surface area contributed by atoms with Gasteiger partial charge >= 0.3 is 0 Å². The molecule has 1 aromatic carbocycles. The SMILES string of the molecule is CNC(=O)c1ccc(S(=O)(=O)N(C)CC2CCN(CCO)CC2)cc1.O=CO. The van der Waals surface area contributed by atoms with Crippen LogP contribution in [0.4, 0.5) is 0 Å². The van der Waals surface area contributed by atoms with E-state index in [4.69, 9.17) is 15.0 Å². The van der Waals surface area contributed by atoms with Crippen molar-refractivity contribution in [2.24, 2.45) is 5.92 Å². The lowest BCUT2D eigenvalue weighted by Gasteiger charge is -2.33. The summed E-state index contributed by atoms with van der Waals surface area (Å²) in [7, 11) is -0.430. The molecule has 2 rings (SSSR count). The number of carbonyl (C=O) groups is 2. The summed E-state index contributed by atoms with van der Waals surface area (Å²) in [4.78, 5) is 22.3. The molecule has 0 aliphatic carbocycles. The van der Waals surface area contributed by atoms with E-state index < -0.39 is 10.0 Å². The van der Waals surface area contributed by atoms with Gasteiger partial charge in [-0.15, -0.1) is 0 Å². The minimum absolute atomic E-state index is 0.158. The van der Waals surface area contributed by atoms with Crippen LogP contribution in [0.15, 0.2) is 29.2 Å². The summed E-state index contributed by atoms with van der Waals surface area (Å²) < 4.78 is 26.8. The van der Waals surface area contributed by atoms with Crippen LogP contribution in [0.1, 0.15) is 23.2 Å². The minimum atomic E-state index is -3.56. The second kappa shape index (κ2) is 11.7. The third kappa shape index (κ3) is 6.86. The van der Waals surface area contributed by atoms with E-state index in [1.807, 2.05) is 0 Å². The highest BCUT2D eigenvalue weighted by Crippen LogP contribution is 2.22. The van der Waals surface area contributed by atoms with Crippen LogP contribution in [0.3, 0.4) is 0 Å². The van der Waals surface area contributed by atoms with Gasteiger partial charge in [0.2, 0.25) is 10.0 Å². The standard InChI is InChI=1S/C17H27N3O4S.CH2O2/c1-18-17(22)15-3-5-16(6-4-15)25(23,24)19(2)13-14-7-9-20(10-8-14)11-12-21;2-1-3/h3-6,14,21H,7-13H2,1-2H3,(H,18,22);1H,(H,2,3). The Kier molecular flexibility index (Phi) is 10.1. The molecule has 1 fully saturated rings. The minimum Gasteiger partial charge on any atom is -0.483 e. The molecule has 0 atom stereocenters. The summed E-state index contributed by atoms with van der Waals surface area (Å²) in [6.07, 6.45) is 1.85. The maximum Gasteiger partial charge on any atom is 0.290 e. The van der Waals surface area contributed by atoms with Crippen LogP contribution in [-0.2, 0) is 14.8 Å². The van der Waals surface area contributed by atoms with Crippen molar-refractivity contribution >= 4 is 22.4 Å². The number of carbonyl (C=O) groups excluding carboxylic acids is 1. The van der Waals surface area contributed by atoms with Crippen LogP contribution in [0, 0.1) is 5.92 Å². The molecule has 1 heterocycles. The number of hydrogen-bond acceptors (Lipinski definition) is 6. The van der Waals surface area contributed by atoms with Gasteiger partial charge in [-0.1, -0.05) is 0 Å². The summed E-state index contributed by atoms with van der Waals surface area (Å²) in [5.41, 5.74) is 0.431. The molecule has 1 aromatic rings. The van der Waals surface area contributed by atoms with Crippen molar-refractivity contribution < 1.29 is 28.2 Å². The summed E-state index contributed by atoms with van der Waals surface area (Å²) >= 11 is 0. The Balaban J connectivity index is 0.00000122. The van der Waals surface area contributed by atoms with Gasteiger partial charge in [0.15, 0.2) is 0 Å². The Bertz CT molecular complexity index is 715. The van der Waals surface area contributed by atoms with E-state index in [1.54, 1.807) is 7.05 Å². The number of nitrogens with one attached hydrogen (secondary N) is 1. The normalized spacial score (nSPS) is 15.6. The van der Waals surface area contributed by atoms with Gasteiger partial charge in [0, 0.05) is 32.7 Å². The van der Waals surface area contributed by atoms with E-state index in [0.29, 0.717) is 24.6 Å². The van der Waals surface area contributed by atoms with Crippen molar-refractivity contribution in [3.8, 4) is 0 Å². The molecule has 0 radical (unpaired) electrons. The van der Waals surface area contributed by atoms with E-state index in [-0.39, 0.29) is 23.9 Å². The van der Waals surface area contributed by atoms with E-state index in [9.17, 15) is 13.2 Å². The van der Waals surface area contributed by atoms with Crippen molar-refractivity contribution in [3.63, 3.8) is 0 Å². The van der Waals surface area contributed by atoms with Crippen molar-refractivity contribution in [2.75, 3.05) is 46.9 Å². The Morgan fingerprint density at radius 3 is 2.29 bits per heavy atom. The molecule has 9 nitrogen and oxygen atoms in total. The monoisotopic (exact) mass is 415 g/mol. The summed E-state index contributed by atoms with van der Waals surface area (Å²) in [5.74, 6) is 0.0757. The van der Waals surface area contributed by atoms with Gasteiger partial charge < -0.3 is 20.4 Å². The van der Waals surface area contributed by atoms with E-state index in [2.05, 4.69) is 10.2 Å². The van der Waals surface area contributed by atoms with E-state index in [1.165, 1.54) is 35.6 Å². The first-order valence-corrected chi connectivity index (χ1v) is 10.4. The number of benzene rings is 1. The van der Waals surface area contributed by atoms with Gasteiger partial charge in [0.25, 0.3) is 12.4 Å². The number of sulfonamides is 1. The maximum absolute atomic E-state index is 12.7. The van der Waals surface area contributed by atoms with Gasteiger partial charge in [-0.2, -0.15) is 0 Å². The number of aliphatic hydroxyl groups is 1. The summed E-state index contributed by atoms with van der Waals surface area (Å²) in [6, 6.07) is 5.99. The fourth-order valence-corrected chi connectivity index (χ4v) is 4.35. The van der Waals surface area contributed by atoms with Crippen molar-refractivity contribution in [1.82, 2.24) is 14.5 Å². The lowest BCUT2D eigenvalue weighted by atomic mass is 9.97. The summed E-state index contributed by atoms with van der Waals surface area (Å²) in [6.45, 7) is 2.84. The van der Waals surface area contributed by atoms with Crippen LogP contribution < -0.4 is 5.32 Å². The average molecular weight is 416 g/mol. The molecule has 1 aliphatic rings. The number of likely N-dealkylation sites (tertiary alicyclic amines) is 1. The zero-order chi connectivity index (χ0) is 21.2. The number of carboxylic acid groups (broad SMARTS) is 1. The highest BCUT2D eigenvalue weighted by molar-refractivity contribution is 7.89. The Labute approximate surface area is 166 Å². The molecule has 10 heteroatoms. The number of rotatable bonds is 7. The zero-order valence-electron chi connectivity index (χ0n) is 16.2. The molecular formula is C18H29N3O6S. The molecule has 1 aliphatic heterocycles. The third-order valence-electron chi connectivity index (χ3n) is 4.69. The second-order valence-corrected chi connectivity index (χ2v) is 8.55. The predicted molar refractivity (Wildman–Crippen MR) is 105 cm³/mol. The number of nitrogens with zero attached hydrogens (tertiary/aromatic N) is 2. The molecule has 1 saturated heterocycles. The lowest BCUT2D eigenvalue weighted by molar-refractivity contribution is -0.122. The predicted octanol–water partition coefficient (Wildman–Crippen LogP) is 0.0718. The van der Waals surface area contributed by atoms with Crippen molar-refractivity contribution in [1.29, 1.82) is 0 Å². The first kappa shape index (κ1) is 24.0. The van der Waals surface area contributed by atoms with Gasteiger partial charge in [-0.25, -0.2) is 12.7 Å². The first-order chi connectivity index (χ1) is 13.3. The Morgan fingerprint density at radius 1 is 1.29 bits per heavy atom. The summed E-state index contributed by atoms with van der Waals surface area (Å²) in [5, 5.41) is 18.4. The molecule has 158 valence electrons. The lowest BCUT2D eigenvalue weighted by Crippen LogP contribution is -2.40. The maximum atomic E-state index is 12.7. The number of aliphatic hydroxyl groups excluding tert-OH is 1. The molecule has 28 heavy (non-hydrogen) atoms. The molecule has 0 unspecified atom stereocenters. The topological polar surface area (TPSA) is 127 Å². The zero-order valence-corrected chi connectivity index (χ0v) is 17.1. The van der Waals surface area contributed by atoms with Crippen LogP contribution in [0.5, 0.6) is 0 Å². The fourth-order valence-electron chi connectivity index (χ4n) is 3.10. The van der Waals surface area contributed by atoms with Crippen LogP contribution in [-0.4, -0.2) is 87.1 Å². The molecule has 3 N–H and O–H groups in total. The largest absolute Gasteiger partial charge is 0.483 e.